The van der Waals surface area contributed by atoms with Crippen LogP contribution in [0, 0.1) is 18.3 Å². The van der Waals surface area contributed by atoms with Gasteiger partial charge < -0.3 is 14.2 Å². The van der Waals surface area contributed by atoms with E-state index in [2.05, 4.69) is 15.5 Å². The zero-order chi connectivity index (χ0) is 24.3. The predicted molar refractivity (Wildman–Crippen MR) is 131 cm³/mol. The first-order chi connectivity index (χ1) is 16.5. The number of nitrogens with one attached hydrogen (secondary N) is 1. The summed E-state index contributed by atoms with van der Waals surface area (Å²) in [7, 11) is 0. The number of rotatable bonds is 11. The molecule has 0 radical (unpaired) electrons. The zero-order valence-corrected chi connectivity index (χ0v) is 20.1. The Morgan fingerprint density at radius 1 is 1.06 bits per heavy atom. The fraction of sp³-hybridized carbons (Fsp3) is 0.280. The van der Waals surface area contributed by atoms with Crippen molar-refractivity contribution in [2.45, 2.75) is 27.2 Å². The summed E-state index contributed by atoms with van der Waals surface area (Å²) in [5.74, 6) is 1.30. The number of ether oxygens (including phenoxy) is 3. The van der Waals surface area contributed by atoms with Gasteiger partial charge in [-0.25, -0.2) is 0 Å². The van der Waals surface area contributed by atoms with Gasteiger partial charge in [0.05, 0.1) is 6.61 Å². The van der Waals surface area contributed by atoms with Crippen LogP contribution in [0.5, 0.6) is 17.2 Å². The van der Waals surface area contributed by atoms with Crippen LogP contribution in [0.4, 0.5) is 5.13 Å². The predicted octanol–water partition coefficient (Wildman–Crippen LogP) is 4.81. The highest BCUT2D eigenvalue weighted by atomic mass is 32.1. The summed E-state index contributed by atoms with van der Waals surface area (Å²) in [5.41, 5.74) is 1.74. The van der Waals surface area contributed by atoms with Crippen LogP contribution in [-0.2, 0) is 11.2 Å². The van der Waals surface area contributed by atoms with Gasteiger partial charge in [0.25, 0.3) is 5.91 Å². The highest BCUT2D eigenvalue weighted by Gasteiger charge is 2.14. The first-order valence-corrected chi connectivity index (χ1v) is 11.7. The monoisotopic (exact) mass is 478 g/mol. The van der Waals surface area contributed by atoms with Gasteiger partial charge in [-0.2, -0.15) is 5.26 Å². The second kappa shape index (κ2) is 12.4. The van der Waals surface area contributed by atoms with Crippen LogP contribution in [0.3, 0.4) is 0 Å². The lowest BCUT2D eigenvalue weighted by molar-refractivity contribution is -0.112. The van der Waals surface area contributed by atoms with Gasteiger partial charge in [-0.3, -0.25) is 10.1 Å². The first kappa shape index (κ1) is 24.7. The van der Waals surface area contributed by atoms with Crippen LogP contribution in [0.2, 0.25) is 0 Å². The van der Waals surface area contributed by atoms with Gasteiger partial charge in [-0.1, -0.05) is 42.0 Å². The Morgan fingerprint density at radius 3 is 2.50 bits per heavy atom. The van der Waals surface area contributed by atoms with Gasteiger partial charge in [-0.05, 0) is 56.2 Å². The molecule has 0 aliphatic carbocycles. The zero-order valence-electron chi connectivity index (χ0n) is 19.3. The van der Waals surface area contributed by atoms with E-state index in [1.54, 1.807) is 18.2 Å². The van der Waals surface area contributed by atoms with Crippen LogP contribution < -0.4 is 19.5 Å². The molecule has 0 aliphatic rings. The average Bonchev–Trinajstić information content (AvgIpc) is 3.30. The van der Waals surface area contributed by atoms with E-state index in [4.69, 9.17) is 14.2 Å². The largest absolute Gasteiger partial charge is 0.490 e. The van der Waals surface area contributed by atoms with E-state index in [1.165, 1.54) is 23.0 Å². The third kappa shape index (κ3) is 7.05. The second-order valence-electron chi connectivity index (χ2n) is 7.13. The van der Waals surface area contributed by atoms with Gasteiger partial charge >= 0.3 is 0 Å². The topological polar surface area (TPSA) is 106 Å². The Kier molecular flexibility index (Phi) is 9.00. The van der Waals surface area contributed by atoms with Crippen LogP contribution in [-0.4, -0.2) is 35.9 Å². The van der Waals surface area contributed by atoms with E-state index in [0.29, 0.717) is 42.0 Å². The molecule has 0 saturated heterocycles. The molecule has 0 atom stereocenters. The second-order valence-corrected chi connectivity index (χ2v) is 8.19. The quantitative estimate of drug-likeness (QED) is 0.239. The van der Waals surface area contributed by atoms with E-state index < -0.39 is 5.91 Å². The van der Waals surface area contributed by atoms with Crippen molar-refractivity contribution in [1.29, 1.82) is 5.26 Å². The van der Waals surface area contributed by atoms with E-state index >= 15 is 0 Å². The van der Waals surface area contributed by atoms with E-state index in [-0.39, 0.29) is 5.57 Å². The van der Waals surface area contributed by atoms with Gasteiger partial charge in [0.1, 0.15) is 35.6 Å². The number of aryl methyl sites for hydroxylation is 2. The normalized spacial score (nSPS) is 10.9. The highest BCUT2D eigenvalue weighted by molar-refractivity contribution is 7.15. The van der Waals surface area contributed by atoms with Crippen molar-refractivity contribution in [2.75, 3.05) is 25.1 Å². The molecule has 2 aromatic carbocycles. The maximum Gasteiger partial charge on any atom is 0.268 e. The molecule has 34 heavy (non-hydrogen) atoms. The molecule has 3 rings (SSSR count). The molecule has 0 aliphatic heterocycles. The minimum Gasteiger partial charge on any atom is -0.490 e. The summed E-state index contributed by atoms with van der Waals surface area (Å²) < 4.78 is 17.2. The third-order valence-electron chi connectivity index (χ3n) is 4.56. The molecule has 1 heterocycles. The maximum absolute atomic E-state index is 12.5. The van der Waals surface area contributed by atoms with E-state index in [9.17, 15) is 10.1 Å². The first-order valence-electron chi connectivity index (χ1n) is 10.9. The number of nitriles is 1. The molecule has 1 amide bonds. The van der Waals surface area contributed by atoms with Crippen molar-refractivity contribution in [3.8, 4) is 23.3 Å². The number of anilines is 1. The summed E-state index contributed by atoms with van der Waals surface area (Å²) in [6, 6.07) is 15.0. The summed E-state index contributed by atoms with van der Waals surface area (Å²) in [5, 5.41) is 21.1. The Hall–Kier alpha value is -3.90. The molecule has 0 bridgehead atoms. The van der Waals surface area contributed by atoms with Gasteiger partial charge in [0, 0.05) is 0 Å². The lowest BCUT2D eigenvalue weighted by atomic mass is 10.1. The summed E-state index contributed by atoms with van der Waals surface area (Å²) in [4.78, 5) is 12.5. The smallest absolute Gasteiger partial charge is 0.268 e. The number of carbonyl (C=O) groups is 1. The highest BCUT2D eigenvalue weighted by Crippen LogP contribution is 2.29. The van der Waals surface area contributed by atoms with Crippen LogP contribution in [0.1, 0.15) is 30.0 Å². The molecule has 0 saturated carbocycles. The van der Waals surface area contributed by atoms with Crippen molar-refractivity contribution in [2.24, 2.45) is 0 Å². The fourth-order valence-corrected chi connectivity index (χ4v) is 3.55. The van der Waals surface area contributed by atoms with E-state index in [1.807, 2.05) is 51.1 Å². The van der Waals surface area contributed by atoms with Crippen molar-refractivity contribution in [3.63, 3.8) is 0 Å². The van der Waals surface area contributed by atoms with Crippen LogP contribution in [0.15, 0.2) is 48.0 Å². The van der Waals surface area contributed by atoms with Crippen molar-refractivity contribution in [1.82, 2.24) is 10.2 Å². The van der Waals surface area contributed by atoms with Crippen molar-refractivity contribution < 1.29 is 19.0 Å². The van der Waals surface area contributed by atoms with E-state index in [0.717, 1.165) is 17.2 Å². The molecule has 0 spiro atoms. The molecule has 0 unspecified atom stereocenters. The number of hydrogen-bond donors (Lipinski definition) is 1. The molecule has 8 nitrogen and oxygen atoms in total. The molecule has 3 aromatic rings. The number of hydrogen-bond acceptors (Lipinski definition) is 8. The Balaban J connectivity index is 1.65. The molecule has 176 valence electrons. The molecule has 1 N–H and O–H groups in total. The summed E-state index contributed by atoms with van der Waals surface area (Å²) in [6.07, 6.45) is 2.21. The Bertz CT molecular complexity index is 1180. The summed E-state index contributed by atoms with van der Waals surface area (Å²) >= 11 is 1.28. The standard InChI is InChI=1S/C25H26N4O4S/c1-4-23-28-29-25(34-23)27-24(30)19(16-26)14-18-8-11-21(22(15-18)31-5-2)33-13-12-32-20-9-6-17(3)7-10-20/h6-11,14-15H,4-5,12-13H2,1-3H3,(H,27,29,30). The SMILES string of the molecule is CCOc1cc(C=C(C#N)C(=O)Nc2nnc(CC)s2)ccc1OCCOc1ccc(C)cc1. The third-order valence-corrected chi connectivity index (χ3v) is 5.55. The number of benzene rings is 2. The van der Waals surface area contributed by atoms with Crippen LogP contribution in [0.25, 0.3) is 6.08 Å². The molecule has 0 fully saturated rings. The summed E-state index contributed by atoms with van der Waals surface area (Å²) in [6.45, 7) is 6.98. The molecule has 9 heteroatoms. The van der Waals surface area contributed by atoms with Gasteiger partial charge in [0.2, 0.25) is 5.13 Å². The Labute approximate surface area is 202 Å². The molecular formula is C25H26N4O4S. The van der Waals surface area contributed by atoms with Crippen molar-refractivity contribution >= 4 is 28.5 Å². The number of carbonyl (C=O) groups excluding carboxylic acids is 1. The number of amides is 1. The maximum atomic E-state index is 12.5. The lowest BCUT2D eigenvalue weighted by Crippen LogP contribution is -2.13. The molecular weight excluding hydrogens is 452 g/mol. The number of aromatic nitrogens is 2. The van der Waals surface area contributed by atoms with Gasteiger partial charge in [0.15, 0.2) is 11.5 Å². The Morgan fingerprint density at radius 2 is 1.82 bits per heavy atom. The lowest BCUT2D eigenvalue weighted by Gasteiger charge is -2.13. The van der Waals surface area contributed by atoms with Crippen molar-refractivity contribution in [3.05, 3.63) is 64.2 Å². The minimum atomic E-state index is -0.548. The fourth-order valence-electron chi connectivity index (χ4n) is 2.87. The molecule has 1 aromatic heterocycles. The van der Waals surface area contributed by atoms with Gasteiger partial charge in [-0.15, -0.1) is 10.2 Å². The number of nitrogens with zero attached hydrogens (tertiary/aromatic N) is 3. The minimum absolute atomic E-state index is 0.0594. The van der Waals surface area contributed by atoms with Crippen LogP contribution >= 0.6 is 11.3 Å². The average molecular weight is 479 g/mol.